The number of nitrogens with one attached hydrogen (secondary N) is 1. The molecule has 1 N–H and O–H groups in total. The highest BCUT2D eigenvalue weighted by Gasteiger charge is 2.51. The average molecular weight is 340 g/mol. The van der Waals surface area contributed by atoms with E-state index in [1.54, 1.807) is 6.20 Å². The molecule has 1 aliphatic heterocycles. The molecule has 21 heavy (non-hydrogen) atoms. The molecule has 1 aromatic carbocycles. The fourth-order valence-corrected chi connectivity index (χ4v) is 3.84. The highest BCUT2D eigenvalue weighted by Crippen LogP contribution is 2.48. The lowest BCUT2D eigenvalue weighted by atomic mass is 9.79. The third-order valence-corrected chi connectivity index (χ3v) is 5.00. The van der Waals surface area contributed by atoms with Crippen LogP contribution in [0.3, 0.4) is 0 Å². The fourth-order valence-electron chi connectivity index (χ4n) is 3.37. The molecule has 0 saturated heterocycles. The van der Waals surface area contributed by atoms with Crippen LogP contribution in [0, 0.1) is 6.57 Å². The summed E-state index contributed by atoms with van der Waals surface area (Å²) in [5.41, 5.74) is 3.20. The number of hydrogen-bond donors (Lipinski definition) is 1. The van der Waals surface area contributed by atoms with E-state index in [1.165, 1.54) is 0 Å². The molecule has 4 rings (SSSR count). The number of benzene rings is 1. The molecule has 1 aliphatic carbocycles. The molecule has 1 aromatic heterocycles. The molecule has 0 bridgehead atoms. The zero-order valence-corrected chi connectivity index (χ0v) is 12.6. The SMILES string of the molecule is [C-]#[N+]c1cc2c(cc1Br)C[C@@]1(C2)C(=O)Nc2ncccc21. The number of aromatic nitrogens is 1. The number of amides is 1. The Bertz CT molecular complexity index is 840. The number of anilines is 1. The molecule has 0 radical (unpaired) electrons. The number of nitrogens with zero attached hydrogens (tertiary/aromatic N) is 2. The molecule has 2 aliphatic rings. The molecule has 2 heterocycles. The Morgan fingerprint density at radius 1 is 1.33 bits per heavy atom. The summed E-state index contributed by atoms with van der Waals surface area (Å²) >= 11 is 3.43. The summed E-state index contributed by atoms with van der Waals surface area (Å²) in [7, 11) is 0. The lowest BCUT2D eigenvalue weighted by Crippen LogP contribution is -2.35. The fraction of sp³-hybridized carbons (Fsp3) is 0.188. The lowest BCUT2D eigenvalue weighted by molar-refractivity contribution is -0.120. The van der Waals surface area contributed by atoms with Gasteiger partial charge in [-0.15, -0.1) is 0 Å². The normalized spacial score (nSPS) is 21.8. The van der Waals surface area contributed by atoms with E-state index in [0.29, 0.717) is 24.3 Å². The van der Waals surface area contributed by atoms with Crippen molar-refractivity contribution >= 4 is 33.3 Å². The van der Waals surface area contributed by atoms with Crippen molar-refractivity contribution < 1.29 is 4.79 Å². The van der Waals surface area contributed by atoms with Gasteiger partial charge in [0.05, 0.1) is 12.0 Å². The van der Waals surface area contributed by atoms with Crippen LogP contribution in [0.2, 0.25) is 0 Å². The van der Waals surface area contributed by atoms with E-state index in [9.17, 15) is 4.79 Å². The Kier molecular flexibility index (Phi) is 2.48. The maximum Gasteiger partial charge on any atom is 0.237 e. The van der Waals surface area contributed by atoms with E-state index < -0.39 is 5.41 Å². The van der Waals surface area contributed by atoms with E-state index in [2.05, 4.69) is 31.1 Å². The smallest absolute Gasteiger partial charge is 0.237 e. The van der Waals surface area contributed by atoms with Crippen LogP contribution in [0.1, 0.15) is 16.7 Å². The second-order valence-corrected chi connectivity index (χ2v) is 6.33. The second kappa shape index (κ2) is 4.15. The van der Waals surface area contributed by atoms with Gasteiger partial charge < -0.3 is 5.32 Å². The van der Waals surface area contributed by atoms with Gasteiger partial charge >= 0.3 is 0 Å². The number of fused-ring (bicyclic) bond motifs is 3. The van der Waals surface area contributed by atoms with E-state index in [-0.39, 0.29) is 5.91 Å². The van der Waals surface area contributed by atoms with Crippen LogP contribution in [0.25, 0.3) is 4.85 Å². The Morgan fingerprint density at radius 2 is 2.10 bits per heavy atom. The van der Waals surface area contributed by atoms with Gasteiger partial charge in [0.2, 0.25) is 11.6 Å². The van der Waals surface area contributed by atoms with Gasteiger partial charge in [-0.05, 0) is 24.5 Å². The monoisotopic (exact) mass is 339 g/mol. The number of carbonyl (C=O) groups is 1. The van der Waals surface area contributed by atoms with Crippen LogP contribution in [-0.4, -0.2) is 10.9 Å². The number of carbonyl (C=O) groups excluding carboxylic acids is 1. The topological polar surface area (TPSA) is 46.4 Å². The van der Waals surface area contributed by atoms with Gasteiger partial charge in [-0.2, -0.15) is 0 Å². The molecule has 0 fully saturated rings. The summed E-state index contributed by atoms with van der Waals surface area (Å²) in [5, 5.41) is 2.89. The third-order valence-electron chi connectivity index (χ3n) is 4.36. The van der Waals surface area contributed by atoms with Crippen molar-refractivity contribution in [2.24, 2.45) is 0 Å². The summed E-state index contributed by atoms with van der Waals surface area (Å²) in [6, 6.07) is 7.70. The molecule has 2 aromatic rings. The van der Waals surface area contributed by atoms with E-state index in [1.807, 2.05) is 24.3 Å². The second-order valence-electron chi connectivity index (χ2n) is 5.47. The zero-order chi connectivity index (χ0) is 14.6. The van der Waals surface area contributed by atoms with Crippen molar-refractivity contribution in [2.45, 2.75) is 18.3 Å². The van der Waals surface area contributed by atoms with Crippen LogP contribution in [0.15, 0.2) is 34.9 Å². The molecule has 102 valence electrons. The summed E-state index contributed by atoms with van der Waals surface area (Å²) < 4.78 is 0.790. The van der Waals surface area contributed by atoms with Gasteiger partial charge in [-0.1, -0.05) is 39.7 Å². The maximum atomic E-state index is 12.5. The van der Waals surface area contributed by atoms with Crippen molar-refractivity contribution in [1.29, 1.82) is 0 Å². The first-order valence-electron chi connectivity index (χ1n) is 6.60. The highest BCUT2D eigenvalue weighted by molar-refractivity contribution is 9.10. The number of rotatable bonds is 0. The molecule has 1 amide bonds. The summed E-state index contributed by atoms with van der Waals surface area (Å²) in [6.45, 7) is 7.21. The Balaban J connectivity index is 1.87. The lowest BCUT2D eigenvalue weighted by Gasteiger charge is -2.20. The van der Waals surface area contributed by atoms with Crippen LogP contribution in [0.5, 0.6) is 0 Å². The predicted octanol–water partition coefficient (Wildman–Crippen LogP) is 3.38. The summed E-state index contributed by atoms with van der Waals surface area (Å²) in [6.07, 6.45) is 2.97. The van der Waals surface area contributed by atoms with Crippen molar-refractivity contribution in [3.8, 4) is 0 Å². The Hall–Kier alpha value is -2.19. The number of hydrogen-bond acceptors (Lipinski definition) is 2. The predicted molar refractivity (Wildman–Crippen MR) is 82.4 cm³/mol. The highest BCUT2D eigenvalue weighted by atomic mass is 79.9. The maximum absolute atomic E-state index is 12.5. The molecular formula is C16H10BrN3O. The van der Waals surface area contributed by atoms with E-state index in [0.717, 1.165) is 21.2 Å². The number of halogens is 1. The van der Waals surface area contributed by atoms with Crippen LogP contribution in [-0.2, 0) is 23.1 Å². The van der Waals surface area contributed by atoms with E-state index in [4.69, 9.17) is 6.57 Å². The largest absolute Gasteiger partial charge is 0.310 e. The first-order chi connectivity index (χ1) is 10.1. The Labute approximate surface area is 130 Å². The van der Waals surface area contributed by atoms with Crippen molar-refractivity contribution in [3.05, 3.63) is 63.0 Å². The van der Waals surface area contributed by atoms with Crippen LogP contribution < -0.4 is 5.32 Å². The Morgan fingerprint density at radius 3 is 2.86 bits per heavy atom. The molecule has 0 saturated carbocycles. The first kappa shape index (κ1) is 12.5. The van der Waals surface area contributed by atoms with Gasteiger partial charge in [-0.25, -0.2) is 9.83 Å². The van der Waals surface area contributed by atoms with Crippen LogP contribution >= 0.6 is 15.9 Å². The van der Waals surface area contributed by atoms with Crippen molar-refractivity contribution in [1.82, 2.24) is 4.98 Å². The molecule has 1 atom stereocenters. The minimum Gasteiger partial charge on any atom is -0.310 e. The van der Waals surface area contributed by atoms with Crippen LogP contribution in [0.4, 0.5) is 11.5 Å². The molecule has 4 nitrogen and oxygen atoms in total. The van der Waals surface area contributed by atoms with Crippen molar-refractivity contribution in [2.75, 3.05) is 5.32 Å². The average Bonchev–Trinajstić information content (AvgIpc) is 2.97. The van der Waals surface area contributed by atoms with Gasteiger partial charge in [0.1, 0.15) is 5.82 Å². The minimum atomic E-state index is -0.563. The molecule has 1 spiro atoms. The molecular weight excluding hydrogens is 330 g/mol. The first-order valence-corrected chi connectivity index (χ1v) is 7.39. The van der Waals surface area contributed by atoms with Gasteiger partial charge in [-0.3, -0.25) is 4.79 Å². The standard InChI is InChI=1S/C16H10BrN3O/c1-18-13-6-10-8-16(7-9(10)5-12(13)17)11-3-2-4-19-14(11)20-15(16)21/h2-6H,7-8H2,(H,19,20,21)/t16-/m0/s1. The van der Waals surface area contributed by atoms with Crippen molar-refractivity contribution in [3.63, 3.8) is 0 Å². The summed E-state index contributed by atoms with van der Waals surface area (Å²) in [4.78, 5) is 20.3. The zero-order valence-electron chi connectivity index (χ0n) is 11.0. The summed E-state index contributed by atoms with van der Waals surface area (Å²) in [5.74, 6) is 0.674. The van der Waals surface area contributed by atoms with E-state index >= 15 is 0 Å². The molecule has 0 unspecified atom stereocenters. The van der Waals surface area contributed by atoms with Gasteiger partial charge in [0.15, 0.2) is 0 Å². The third kappa shape index (κ3) is 1.60. The molecule has 5 heteroatoms. The van der Waals surface area contributed by atoms with Gasteiger partial charge in [0.25, 0.3) is 0 Å². The number of pyridine rings is 1. The quantitative estimate of drug-likeness (QED) is 0.748. The van der Waals surface area contributed by atoms with Gasteiger partial charge in [0, 0.05) is 16.2 Å². The minimum absolute atomic E-state index is 0.00730.